The number of benzene rings is 1. The highest BCUT2D eigenvalue weighted by Gasteiger charge is 2.19. The van der Waals surface area contributed by atoms with Crippen LogP contribution in [-0.2, 0) is 9.53 Å². The molecule has 0 saturated heterocycles. The minimum Gasteiger partial charge on any atom is -0.451 e. The molecular weight excluding hydrogens is 268 g/mol. The number of Topliss-reactive ketones (excluding diaryl/α,β-unsaturated/α-hetero) is 1. The molecule has 0 spiro atoms. The quantitative estimate of drug-likeness (QED) is 0.520. The summed E-state index contributed by atoms with van der Waals surface area (Å²) in [6.07, 6.45) is 0.140. The Morgan fingerprint density at radius 3 is 2.67 bits per heavy atom. The van der Waals surface area contributed by atoms with Crippen LogP contribution in [0.2, 0.25) is 0 Å². The first kappa shape index (κ1) is 15.0. The van der Waals surface area contributed by atoms with E-state index < -0.39 is 12.1 Å². The number of carbonyl (C=O) groups is 2. The van der Waals surface area contributed by atoms with Gasteiger partial charge in [-0.15, -0.1) is 0 Å². The maximum Gasteiger partial charge on any atom is 0.333 e. The van der Waals surface area contributed by atoms with E-state index in [0.29, 0.717) is 23.4 Å². The molecule has 0 fully saturated rings. The monoisotopic (exact) mass is 286 g/mol. The molecule has 0 aliphatic heterocycles. The van der Waals surface area contributed by atoms with Gasteiger partial charge in [-0.25, -0.2) is 9.78 Å². The van der Waals surface area contributed by atoms with E-state index in [4.69, 9.17) is 4.74 Å². The molecule has 1 atom stereocenters. The first-order chi connectivity index (χ1) is 9.92. The van der Waals surface area contributed by atoms with Crippen molar-refractivity contribution in [3.05, 3.63) is 41.7 Å². The smallest absolute Gasteiger partial charge is 0.333 e. The Kier molecular flexibility index (Phi) is 4.21. The van der Waals surface area contributed by atoms with Crippen LogP contribution in [0.15, 0.2) is 30.4 Å². The lowest BCUT2D eigenvalue weighted by atomic mass is 10.1. The highest BCUT2D eigenvalue weighted by molar-refractivity contribution is 5.97. The molecule has 2 aromatic rings. The number of fused-ring (bicyclic) bond motifs is 1. The van der Waals surface area contributed by atoms with E-state index in [1.165, 1.54) is 6.92 Å². The number of carbonyl (C=O) groups excluding carboxylic acids is 2. The third-order valence-electron chi connectivity index (χ3n) is 3.18. The number of H-pyrrole nitrogens is 1. The van der Waals surface area contributed by atoms with Gasteiger partial charge >= 0.3 is 5.97 Å². The van der Waals surface area contributed by atoms with Crippen LogP contribution in [0.4, 0.5) is 0 Å². The molecule has 0 amide bonds. The van der Waals surface area contributed by atoms with E-state index in [-0.39, 0.29) is 5.78 Å². The summed E-state index contributed by atoms with van der Waals surface area (Å²) in [4.78, 5) is 30.6. The number of imidazole rings is 1. The zero-order valence-corrected chi connectivity index (χ0v) is 12.4. The van der Waals surface area contributed by atoms with Gasteiger partial charge in [0.15, 0.2) is 11.9 Å². The summed E-state index contributed by atoms with van der Waals surface area (Å²) in [5.74, 6) is 0.128. The molecule has 0 bridgehead atoms. The van der Waals surface area contributed by atoms with Crippen molar-refractivity contribution >= 4 is 22.8 Å². The first-order valence-corrected chi connectivity index (χ1v) is 6.79. The lowest BCUT2D eigenvalue weighted by Crippen LogP contribution is -2.12. The molecule has 0 saturated carbocycles. The van der Waals surface area contributed by atoms with Gasteiger partial charge in [0.2, 0.25) is 0 Å². The minimum atomic E-state index is -0.456. The molecular formula is C16H18N2O3. The van der Waals surface area contributed by atoms with Crippen molar-refractivity contribution < 1.29 is 14.3 Å². The number of esters is 1. The fourth-order valence-corrected chi connectivity index (χ4v) is 1.96. The highest BCUT2D eigenvalue weighted by Crippen LogP contribution is 2.23. The summed E-state index contributed by atoms with van der Waals surface area (Å²) >= 11 is 0. The standard InChI is InChI=1S/C16H18N2O3/c1-5-14(21-16(20)9(2)3)15-17-12-7-6-11(10(4)19)8-13(12)18-15/h6-8,14H,2,5H2,1,3-4H3,(H,17,18). The summed E-state index contributed by atoms with van der Waals surface area (Å²) in [5, 5.41) is 0. The van der Waals surface area contributed by atoms with Crippen molar-refractivity contribution in [3.8, 4) is 0 Å². The minimum absolute atomic E-state index is 0.00574. The molecule has 0 aliphatic carbocycles. The Morgan fingerprint density at radius 1 is 1.38 bits per heavy atom. The Morgan fingerprint density at radius 2 is 2.10 bits per heavy atom. The second-order valence-corrected chi connectivity index (χ2v) is 4.99. The maximum atomic E-state index is 11.6. The number of aromatic nitrogens is 2. The molecule has 21 heavy (non-hydrogen) atoms. The zero-order valence-electron chi connectivity index (χ0n) is 12.4. The lowest BCUT2D eigenvalue weighted by molar-refractivity contribution is -0.145. The fraction of sp³-hybridized carbons (Fsp3) is 0.312. The molecule has 1 heterocycles. The van der Waals surface area contributed by atoms with Gasteiger partial charge in [-0.2, -0.15) is 0 Å². The van der Waals surface area contributed by atoms with Crippen molar-refractivity contribution in [1.29, 1.82) is 0 Å². The van der Waals surface area contributed by atoms with E-state index in [1.807, 2.05) is 6.92 Å². The summed E-state index contributed by atoms with van der Waals surface area (Å²) in [6.45, 7) is 8.59. The van der Waals surface area contributed by atoms with Crippen LogP contribution < -0.4 is 0 Å². The molecule has 5 heteroatoms. The van der Waals surface area contributed by atoms with Crippen LogP contribution in [0, 0.1) is 0 Å². The van der Waals surface area contributed by atoms with Gasteiger partial charge in [-0.3, -0.25) is 4.79 Å². The van der Waals surface area contributed by atoms with Crippen molar-refractivity contribution in [2.75, 3.05) is 0 Å². The van der Waals surface area contributed by atoms with E-state index in [2.05, 4.69) is 16.5 Å². The summed E-state index contributed by atoms with van der Waals surface area (Å²) < 4.78 is 5.36. The predicted octanol–water partition coefficient (Wildman–Crippen LogP) is 3.34. The number of aromatic amines is 1. The number of nitrogens with one attached hydrogen (secondary N) is 1. The van der Waals surface area contributed by atoms with Crippen LogP contribution in [0.1, 0.15) is 49.5 Å². The van der Waals surface area contributed by atoms with Gasteiger partial charge in [0.25, 0.3) is 0 Å². The van der Waals surface area contributed by atoms with Gasteiger partial charge in [0.05, 0.1) is 11.0 Å². The second kappa shape index (κ2) is 5.91. The van der Waals surface area contributed by atoms with Crippen molar-refractivity contribution in [2.45, 2.75) is 33.3 Å². The molecule has 2 rings (SSSR count). The molecule has 0 radical (unpaired) electrons. The van der Waals surface area contributed by atoms with Crippen molar-refractivity contribution in [1.82, 2.24) is 9.97 Å². The number of ketones is 1. The average molecular weight is 286 g/mol. The Hall–Kier alpha value is -2.43. The molecule has 1 unspecified atom stereocenters. The first-order valence-electron chi connectivity index (χ1n) is 6.79. The predicted molar refractivity (Wildman–Crippen MR) is 80.0 cm³/mol. The lowest BCUT2D eigenvalue weighted by Gasteiger charge is -2.13. The SMILES string of the molecule is C=C(C)C(=O)OC(CC)c1nc2ccc(C(C)=O)cc2[nH]1. The fourth-order valence-electron chi connectivity index (χ4n) is 1.96. The van der Waals surface area contributed by atoms with E-state index >= 15 is 0 Å². The summed E-state index contributed by atoms with van der Waals surface area (Å²) in [5.41, 5.74) is 2.45. The Labute approximate surface area is 123 Å². The van der Waals surface area contributed by atoms with Crippen LogP contribution in [0.25, 0.3) is 11.0 Å². The van der Waals surface area contributed by atoms with E-state index in [9.17, 15) is 9.59 Å². The molecule has 1 N–H and O–H groups in total. The third kappa shape index (κ3) is 3.18. The molecule has 110 valence electrons. The van der Waals surface area contributed by atoms with Gasteiger partial charge in [-0.1, -0.05) is 13.5 Å². The molecule has 5 nitrogen and oxygen atoms in total. The van der Waals surface area contributed by atoms with Gasteiger partial charge in [0.1, 0.15) is 5.82 Å². The number of rotatable bonds is 5. The zero-order chi connectivity index (χ0) is 15.6. The highest BCUT2D eigenvalue weighted by atomic mass is 16.5. The van der Waals surface area contributed by atoms with E-state index in [1.54, 1.807) is 25.1 Å². The van der Waals surface area contributed by atoms with Crippen LogP contribution in [-0.4, -0.2) is 21.7 Å². The molecule has 1 aromatic heterocycles. The average Bonchev–Trinajstić information content (AvgIpc) is 2.86. The Bertz CT molecular complexity index is 715. The Balaban J connectivity index is 2.34. The number of nitrogens with zero attached hydrogens (tertiary/aromatic N) is 1. The van der Waals surface area contributed by atoms with Crippen LogP contribution >= 0.6 is 0 Å². The molecule has 0 aliphatic rings. The number of hydrogen-bond donors (Lipinski definition) is 1. The van der Waals surface area contributed by atoms with Crippen LogP contribution in [0.5, 0.6) is 0 Å². The second-order valence-electron chi connectivity index (χ2n) is 4.99. The molecule has 1 aromatic carbocycles. The third-order valence-corrected chi connectivity index (χ3v) is 3.18. The summed E-state index contributed by atoms with van der Waals surface area (Å²) in [7, 11) is 0. The van der Waals surface area contributed by atoms with Crippen molar-refractivity contribution in [2.24, 2.45) is 0 Å². The van der Waals surface area contributed by atoms with Gasteiger partial charge < -0.3 is 9.72 Å². The number of hydrogen-bond acceptors (Lipinski definition) is 4. The van der Waals surface area contributed by atoms with Gasteiger partial charge in [-0.05, 0) is 38.5 Å². The largest absolute Gasteiger partial charge is 0.451 e. The van der Waals surface area contributed by atoms with Gasteiger partial charge in [0, 0.05) is 11.1 Å². The number of ether oxygens (including phenoxy) is 1. The van der Waals surface area contributed by atoms with E-state index in [0.717, 1.165) is 11.0 Å². The van der Waals surface area contributed by atoms with Crippen molar-refractivity contribution in [3.63, 3.8) is 0 Å². The summed E-state index contributed by atoms with van der Waals surface area (Å²) in [6, 6.07) is 5.26. The maximum absolute atomic E-state index is 11.6. The normalized spacial score (nSPS) is 12.1. The topological polar surface area (TPSA) is 72.0 Å². The van der Waals surface area contributed by atoms with Crippen LogP contribution in [0.3, 0.4) is 0 Å².